The highest BCUT2D eigenvalue weighted by atomic mass is 15.2. The Morgan fingerprint density at radius 2 is 1.71 bits per heavy atom. The van der Waals surface area contributed by atoms with Gasteiger partial charge in [-0.25, -0.2) is 0 Å². The Morgan fingerprint density at radius 1 is 1.07 bits per heavy atom. The van der Waals surface area contributed by atoms with E-state index >= 15 is 0 Å². The molecule has 1 saturated heterocycles. The fraction of sp³-hybridized carbons (Fsp3) is 1.00. The lowest BCUT2D eigenvalue weighted by molar-refractivity contribution is 0.264. The topological polar surface area (TPSA) is 15.3 Å². The molecule has 0 aromatic rings. The first-order chi connectivity index (χ1) is 6.58. The van der Waals surface area contributed by atoms with Crippen molar-refractivity contribution in [3.05, 3.63) is 0 Å². The lowest BCUT2D eigenvalue weighted by atomic mass is 10.1. The van der Waals surface area contributed by atoms with Gasteiger partial charge in [-0.15, -0.1) is 0 Å². The van der Waals surface area contributed by atoms with Crippen molar-refractivity contribution in [1.29, 1.82) is 0 Å². The Labute approximate surface area is 88.1 Å². The minimum absolute atomic E-state index is 0.709. The number of hydrogen-bond donors (Lipinski definition) is 1. The van der Waals surface area contributed by atoms with Crippen molar-refractivity contribution in [3.8, 4) is 0 Å². The van der Waals surface area contributed by atoms with Crippen LogP contribution >= 0.6 is 0 Å². The van der Waals surface area contributed by atoms with E-state index in [2.05, 4.69) is 37.9 Å². The van der Waals surface area contributed by atoms with Crippen LogP contribution in [0.4, 0.5) is 0 Å². The molecule has 4 unspecified atom stereocenters. The molecule has 2 fully saturated rings. The van der Waals surface area contributed by atoms with E-state index in [1.807, 2.05) is 0 Å². The summed E-state index contributed by atoms with van der Waals surface area (Å²) in [7, 11) is 0. The summed E-state index contributed by atoms with van der Waals surface area (Å²) in [5.74, 6) is 1.75. The van der Waals surface area contributed by atoms with Crippen LogP contribution in [0.25, 0.3) is 0 Å². The van der Waals surface area contributed by atoms with Crippen LogP contribution in [0.1, 0.15) is 34.1 Å². The maximum Gasteiger partial charge on any atom is 0.0235 e. The highest BCUT2D eigenvalue weighted by Crippen LogP contribution is 2.31. The summed E-state index contributed by atoms with van der Waals surface area (Å²) in [5, 5.41) is 3.80. The van der Waals surface area contributed by atoms with Crippen LogP contribution in [0, 0.1) is 11.8 Å². The van der Waals surface area contributed by atoms with E-state index in [1.165, 1.54) is 19.5 Å². The van der Waals surface area contributed by atoms with Crippen molar-refractivity contribution in [2.24, 2.45) is 11.8 Å². The molecule has 82 valence electrons. The molecule has 0 bridgehead atoms. The zero-order chi connectivity index (χ0) is 10.3. The summed E-state index contributed by atoms with van der Waals surface area (Å²) in [6.07, 6.45) is 1.39. The molecule has 2 aliphatic rings. The van der Waals surface area contributed by atoms with Crippen LogP contribution in [0.15, 0.2) is 0 Å². The lowest BCUT2D eigenvalue weighted by Crippen LogP contribution is -2.38. The van der Waals surface area contributed by atoms with Gasteiger partial charge in [0.1, 0.15) is 0 Å². The summed E-state index contributed by atoms with van der Waals surface area (Å²) < 4.78 is 0. The van der Waals surface area contributed by atoms with Crippen molar-refractivity contribution < 1.29 is 0 Å². The van der Waals surface area contributed by atoms with Crippen LogP contribution in [0.3, 0.4) is 0 Å². The summed E-state index contributed by atoms with van der Waals surface area (Å²) in [5.41, 5.74) is 0. The molecule has 1 saturated carbocycles. The molecule has 0 amide bonds. The first-order valence-electron chi connectivity index (χ1n) is 6.08. The molecule has 0 aromatic heterocycles. The second-order valence-electron chi connectivity index (χ2n) is 5.62. The van der Waals surface area contributed by atoms with Crippen molar-refractivity contribution in [3.63, 3.8) is 0 Å². The monoisotopic (exact) mass is 196 g/mol. The molecule has 0 aromatic carbocycles. The van der Waals surface area contributed by atoms with Gasteiger partial charge in [0.25, 0.3) is 0 Å². The van der Waals surface area contributed by atoms with Crippen molar-refractivity contribution >= 4 is 0 Å². The second kappa shape index (κ2) is 3.82. The lowest BCUT2D eigenvalue weighted by Gasteiger charge is -2.20. The summed E-state index contributed by atoms with van der Waals surface area (Å²) in [4.78, 5) is 2.59. The van der Waals surface area contributed by atoms with Gasteiger partial charge in [-0.1, -0.05) is 13.8 Å². The average Bonchev–Trinajstić information content (AvgIpc) is 2.64. The molecule has 2 rings (SSSR count). The molecule has 0 spiro atoms. The maximum atomic E-state index is 3.80. The Balaban J connectivity index is 1.82. The first kappa shape index (κ1) is 10.4. The predicted octanol–water partition coefficient (Wildman–Crippen LogP) is 1.71. The molecular formula is C12H24N2. The third kappa shape index (κ3) is 2.12. The van der Waals surface area contributed by atoms with Gasteiger partial charge in [0.15, 0.2) is 0 Å². The molecule has 14 heavy (non-hydrogen) atoms. The molecule has 2 heteroatoms. The van der Waals surface area contributed by atoms with E-state index in [-0.39, 0.29) is 0 Å². The van der Waals surface area contributed by atoms with E-state index in [1.54, 1.807) is 0 Å². The van der Waals surface area contributed by atoms with Gasteiger partial charge in [-0.05, 0) is 32.1 Å². The molecule has 2 nitrogen and oxygen atoms in total. The average molecular weight is 196 g/mol. The minimum Gasteiger partial charge on any atom is -0.309 e. The zero-order valence-corrected chi connectivity index (χ0v) is 9.96. The van der Waals surface area contributed by atoms with Gasteiger partial charge in [-0.2, -0.15) is 0 Å². The second-order valence-corrected chi connectivity index (χ2v) is 5.62. The van der Waals surface area contributed by atoms with Gasteiger partial charge in [0.05, 0.1) is 0 Å². The molecule has 4 atom stereocenters. The standard InChI is InChI=1S/C12H24N2/c1-8(2)14-6-10(4)12(7-14)13-11-5-9(11)3/h8-13H,5-7H2,1-4H3. The van der Waals surface area contributed by atoms with Gasteiger partial charge in [0.2, 0.25) is 0 Å². The van der Waals surface area contributed by atoms with Gasteiger partial charge in [0, 0.05) is 31.2 Å². The quantitative estimate of drug-likeness (QED) is 0.739. The smallest absolute Gasteiger partial charge is 0.0235 e. The maximum absolute atomic E-state index is 3.80. The van der Waals surface area contributed by atoms with E-state index in [9.17, 15) is 0 Å². The normalized spacial score (nSPS) is 43.5. The molecular weight excluding hydrogens is 172 g/mol. The fourth-order valence-corrected chi connectivity index (χ4v) is 2.47. The number of likely N-dealkylation sites (tertiary alicyclic amines) is 1. The van der Waals surface area contributed by atoms with E-state index in [4.69, 9.17) is 0 Å². The van der Waals surface area contributed by atoms with Crippen molar-refractivity contribution in [1.82, 2.24) is 10.2 Å². The first-order valence-corrected chi connectivity index (χ1v) is 6.08. The Hall–Kier alpha value is -0.0800. The Kier molecular flexibility index (Phi) is 2.85. The van der Waals surface area contributed by atoms with Crippen LogP contribution in [0.5, 0.6) is 0 Å². The van der Waals surface area contributed by atoms with Crippen molar-refractivity contribution in [2.45, 2.75) is 52.2 Å². The number of rotatable bonds is 3. The SMILES string of the molecule is CC1CC1NC1CN(C(C)C)CC1C. The molecule has 1 aliphatic heterocycles. The van der Waals surface area contributed by atoms with Gasteiger partial charge >= 0.3 is 0 Å². The third-order valence-corrected chi connectivity index (χ3v) is 3.91. The van der Waals surface area contributed by atoms with Gasteiger partial charge in [-0.3, -0.25) is 4.90 Å². The Morgan fingerprint density at radius 3 is 2.14 bits per heavy atom. The van der Waals surface area contributed by atoms with E-state index in [0.29, 0.717) is 6.04 Å². The number of hydrogen-bond acceptors (Lipinski definition) is 2. The number of nitrogens with one attached hydrogen (secondary N) is 1. The summed E-state index contributed by atoms with van der Waals surface area (Å²) in [6.45, 7) is 11.9. The van der Waals surface area contributed by atoms with Crippen LogP contribution in [-0.4, -0.2) is 36.1 Å². The van der Waals surface area contributed by atoms with Crippen LogP contribution in [-0.2, 0) is 0 Å². The van der Waals surface area contributed by atoms with Gasteiger partial charge < -0.3 is 5.32 Å². The summed E-state index contributed by atoms with van der Waals surface area (Å²) >= 11 is 0. The zero-order valence-electron chi connectivity index (χ0n) is 9.96. The largest absolute Gasteiger partial charge is 0.309 e. The number of nitrogens with zero attached hydrogens (tertiary/aromatic N) is 1. The highest BCUT2D eigenvalue weighted by Gasteiger charge is 2.38. The predicted molar refractivity (Wildman–Crippen MR) is 60.4 cm³/mol. The van der Waals surface area contributed by atoms with Crippen LogP contribution in [0.2, 0.25) is 0 Å². The molecule has 1 N–H and O–H groups in total. The molecule has 1 aliphatic carbocycles. The minimum atomic E-state index is 0.709. The molecule has 0 radical (unpaired) electrons. The van der Waals surface area contributed by atoms with Crippen molar-refractivity contribution in [2.75, 3.05) is 13.1 Å². The highest BCUT2D eigenvalue weighted by molar-refractivity contribution is 4.97. The fourth-order valence-electron chi connectivity index (χ4n) is 2.47. The van der Waals surface area contributed by atoms with Crippen LogP contribution < -0.4 is 5.32 Å². The third-order valence-electron chi connectivity index (χ3n) is 3.91. The van der Waals surface area contributed by atoms with E-state index < -0.39 is 0 Å². The Bertz CT molecular complexity index is 202. The van der Waals surface area contributed by atoms with E-state index in [0.717, 1.165) is 23.9 Å². The summed E-state index contributed by atoms with van der Waals surface area (Å²) in [6, 6.07) is 2.28. The molecule has 1 heterocycles.